The maximum atomic E-state index is 12.7. The predicted molar refractivity (Wildman–Crippen MR) is 115 cm³/mol. The summed E-state index contributed by atoms with van der Waals surface area (Å²) in [5.41, 5.74) is 2.93. The molecule has 1 heterocycles. The quantitative estimate of drug-likeness (QED) is 0.527. The lowest BCUT2D eigenvalue weighted by Gasteiger charge is -2.07. The van der Waals surface area contributed by atoms with E-state index in [0.717, 1.165) is 32.8 Å². The number of ether oxygens (including phenoxy) is 3. The third kappa shape index (κ3) is 5.05. The summed E-state index contributed by atoms with van der Waals surface area (Å²) in [6, 6.07) is 11.6. The van der Waals surface area contributed by atoms with Gasteiger partial charge in [0.2, 0.25) is 0 Å². The molecule has 3 rings (SSSR count). The van der Waals surface area contributed by atoms with E-state index in [9.17, 15) is 4.79 Å². The van der Waals surface area contributed by atoms with E-state index >= 15 is 0 Å². The Labute approximate surface area is 174 Å². The molecular weight excluding hydrogens is 388 g/mol. The van der Waals surface area contributed by atoms with Crippen LogP contribution in [0.15, 0.2) is 41.4 Å². The largest absolute Gasteiger partial charge is 0.497 e. The highest BCUT2D eigenvalue weighted by molar-refractivity contribution is 7.16. The molecule has 7 heteroatoms. The molecule has 0 atom stereocenters. The molecule has 3 aromatic rings. The first-order valence-corrected chi connectivity index (χ1v) is 10.3. The highest BCUT2D eigenvalue weighted by Gasteiger charge is 2.10. The van der Waals surface area contributed by atoms with Gasteiger partial charge in [0, 0.05) is 13.2 Å². The molecule has 154 valence electrons. The van der Waals surface area contributed by atoms with Crippen molar-refractivity contribution in [3.8, 4) is 11.5 Å². The third-order valence-electron chi connectivity index (χ3n) is 4.59. The van der Waals surface area contributed by atoms with E-state index in [-0.39, 0.29) is 12.3 Å². The van der Waals surface area contributed by atoms with Crippen LogP contribution in [-0.4, -0.2) is 37.9 Å². The number of nitrogens with zero attached hydrogens (tertiary/aromatic N) is 2. The highest BCUT2D eigenvalue weighted by Crippen LogP contribution is 2.23. The van der Waals surface area contributed by atoms with Crippen molar-refractivity contribution in [1.29, 1.82) is 0 Å². The van der Waals surface area contributed by atoms with E-state index in [1.807, 2.05) is 54.8 Å². The van der Waals surface area contributed by atoms with Crippen LogP contribution in [-0.2, 0) is 22.5 Å². The number of aryl methyl sites for hydroxylation is 1. The van der Waals surface area contributed by atoms with Gasteiger partial charge in [0.1, 0.15) is 11.5 Å². The van der Waals surface area contributed by atoms with Gasteiger partial charge in [0.15, 0.2) is 4.80 Å². The minimum atomic E-state index is -0.182. The molecule has 0 unspecified atom stereocenters. The fraction of sp³-hybridized carbons (Fsp3) is 0.364. The topological polar surface area (TPSA) is 62.1 Å². The van der Waals surface area contributed by atoms with Crippen LogP contribution in [0.4, 0.5) is 0 Å². The number of hydrogen-bond donors (Lipinski definition) is 0. The van der Waals surface area contributed by atoms with Crippen molar-refractivity contribution in [2.75, 3.05) is 27.4 Å². The lowest BCUT2D eigenvalue weighted by molar-refractivity contribution is -0.117. The summed E-state index contributed by atoms with van der Waals surface area (Å²) >= 11 is 1.48. The molecule has 0 saturated carbocycles. The zero-order valence-electron chi connectivity index (χ0n) is 17.2. The fourth-order valence-corrected chi connectivity index (χ4v) is 4.26. The van der Waals surface area contributed by atoms with Gasteiger partial charge in [-0.05, 0) is 49.2 Å². The predicted octanol–water partition coefficient (Wildman–Crippen LogP) is 3.73. The maximum absolute atomic E-state index is 12.7. The molecule has 0 N–H and O–H groups in total. The number of aromatic nitrogens is 1. The summed E-state index contributed by atoms with van der Waals surface area (Å²) in [6.07, 6.45) is 0.244. The molecule has 29 heavy (non-hydrogen) atoms. The van der Waals surface area contributed by atoms with Gasteiger partial charge >= 0.3 is 0 Å². The Hall–Kier alpha value is -2.64. The minimum absolute atomic E-state index is 0.182. The van der Waals surface area contributed by atoms with Crippen LogP contribution in [0.5, 0.6) is 11.5 Å². The van der Waals surface area contributed by atoms with Crippen molar-refractivity contribution in [2.24, 2.45) is 4.99 Å². The molecular formula is C22H26N2O4S. The molecule has 0 aliphatic carbocycles. The summed E-state index contributed by atoms with van der Waals surface area (Å²) in [5.74, 6) is 1.41. The zero-order valence-corrected chi connectivity index (χ0v) is 18.0. The summed E-state index contributed by atoms with van der Waals surface area (Å²) in [4.78, 5) is 17.8. The van der Waals surface area contributed by atoms with Gasteiger partial charge in [-0.1, -0.05) is 23.5 Å². The van der Waals surface area contributed by atoms with Crippen molar-refractivity contribution in [3.05, 3.63) is 52.3 Å². The van der Waals surface area contributed by atoms with E-state index in [1.54, 1.807) is 14.2 Å². The smallest absolute Gasteiger partial charge is 0.252 e. The first-order valence-electron chi connectivity index (χ1n) is 9.52. The Morgan fingerprint density at radius 2 is 1.97 bits per heavy atom. The van der Waals surface area contributed by atoms with Crippen LogP contribution >= 0.6 is 11.3 Å². The third-order valence-corrected chi connectivity index (χ3v) is 5.63. The van der Waals surface area contributed by atoms with Gasteiger partial charge in [-0.25, -0.2) is 0 Å². The summed E-state index contributed by atoms with van der Waals surface area (Å²) in [5, 5.41) is 0. The number of benzene rings is 2. The SMILES string of the molecule is CCOCCn1c(=NC(=O)Cc2ccc(OC)c(C)c2)sc2cc(OC)ccc21. The number of thiazole rings is 1. The number of carbonyl (C=O) groups is 1. The Morgan fingerprint density at radius 3 is 2.66 bits per heavy atom. The Morgan fingerprint density at radius 1 is 1.14 bits per heavy atom. The first kappa shape index (κ1) is 21.1. The molecule has 0 spiro atoms. The molecule has 0 radical (unpaired) electrons. The summed E-state index contributed by atoms with van der Waals surface area (Å²) in [7, 11) is 3.28. The molecule has 0 saturated heterocycles. The number of amides is 1. The van der Waals surface area contributed by atoms with Crippen LogP contribution in [0.2, 0.25) is 0 Å². The van der Waals surface area contributed by atoms with Crippen LogP contribution < -0.4 is 14.3 Å². The molecule has 0 aliphatic rings. The fourth-order valence-electron chi connectivity index (χ4n) is 3.15. The number of methoxy groups -OCH3 is 2. The average Bonchev–Trinajstić information content (AvgIpc) is 3.04. The van der Waals surface area contributed by atoms with Crippen molar-refractivity contribution in [1.82, 2.24) is 4.57 Å². The lowest BCUT2D eigenvalue weighted by Crippen LogP contribution is -2.20. The van der Waals surface area contributed by atoms with Gasteiger partial charge in [0.05, 0.1) is 37.5 Å². The van der Waals surface area contributed by atoms with Crippen molar-refractivity contribution in [3.63, 3.8) is 0 Å². The number of hydrogen-bond acceptors (Lipinski definition) is 5. The number of fused-ring (bicyclic) bond motifs is 1. The summed E-state index contributed by atoms with van der Waals surface area (Å²) < 4.78 is 19.2. The normalized spacial score (nSPS) is 11.8. The van der Waals surface area contributed by atoms with Crippen LogP contribution in [0, 0.1) is 6.92 Å². The van der Waals surface area contributed by atoms with Gasteiger partial charge in [-0.2, -0.15) is 4.99 Å². The van der Waals surface area contributed by atoms with E-state index in [0.29, 0.717) is 24.6 Å². The second-order valence-corrected chi connectivity index (χ2v) is 7.56. The van der Waals surface area contributed by atoms with Crippen LogP contribution in [0.25, 0.3) is 10.2 Å². The van der Waals surface area contributed by atoms with E-state index in [2.05, 4.69) is 4.99 Å². The Kier molecular flexibility index (Phi) is 7.06. The van der Waals surface area contributed by atoms with E-state index < -0.39 is 0 Å². The molecule has 0 fully saturated rings. The Bertz CT molecular complexity index is 1070. The van der Waals surface area contributed by atoms with E-state index in [4.69, 9.17) is 14.2 Å². The van der Waals surface area contributed by atoms with Crippen molar-refractivity contribution in [2.45, 2.75) is 26.8 Å². The standard InChI is InChI=1S/C22H26N2O4S/c1-5-28-11-10-24-18-8-7-17(26-3)14-20(18)29-22(24)23-21(25)13-16-6-9-19(27-4)15(2)12-16/h6-9,12,14H,5,10-11,13H2,1-4H3. The summed E-state index contributed by atoms with van der Waals surface area (Å²) in [6.45, 7) is 5.78. The van der Waals surface area contributed by atoms with Crippen LogP contribution in [0.3, 0.4) is 0 Å². The van der Waals surface area contributed by atoms with Gasteiger partial charge in [-0.3, -0.25) is 4.79 Å². The zero-order chi connectivity index (χ0) is 20.8. The van der Waals surface area contributed by atoms with Gasteiger partial charge < -0.3 is 18.8 Å². The maximum Gasteiger partial charge on any atom is 0.252 e. The average molecular weight is 415 g/mol. The molecule has 6 nitrogen and oxygen atoms in total. The molecule has 0 bridgehead atoms. The lowest BCUT2D eigenvalue weighted by atomic mass is 10.1. The first-order chi connectivity index (χ1) is 14.0. The minimum Gasteiger partial charge on any atom is -0.497 e. The molecule has 0 aliphatic heterocycles. The van der Waals surface area contributed by atoms with Crippen LogP contribution in [0.1, 0.15) is 18.1 Å². The molecule has 1 amide bonds. The second-order valence-electron chi connectivity index (χ2n) is 6.55. The molecule has 2 aromatic carbocycles. The van der Waals surface area contributed by atoms with Gasteiger partial charge in [0.25, 0.3) is 5.91 Å². The number of carbonyl (C=O) groups excluding carboxylic acids is 1. The van der Waals surface area contributed by atoms with Crippen molar-refractivity contribution >= 4 is 27.5 Å². The highest BCUT2D eigenvalue weighted by atomic mass is 32.1. The molecule has 1 aromatic heterocycles. The Balaban J connectivity index is 1.93. The second kappa shape index (κ2) is 9.71. The monoisotopic (exact) mass is 414 g/mol. The van der Waals surface area contributed by atoms with Gasteiger partial charge in [-0.15, -0.1) is 0 Å². The van der Waals surface area contributed by atoms with Crippen molar-refractivity contribution < 1.29 is 19.0 Å². The van der Waals surface area contributed by atoms with E-state index in [1.165, 1.54) is 11.3 Å². The number of rotatable bonds is 8.